The standard InChI is InChI=1S/C24H42N4O6/c1-6-15(2)21(22(25)32)28-19(30)13-18(29)17(12-16-10-8-7-9-11-16)27-20(31)14-26-23(33)34-24(3,4)5/h15-17,21H,6-14H2,1-5H3,(H2,25,32)(H,26,33)(H,27,31)(H,28,30)/t15-,17-,21-/m0/s1. The van der Waals surface area contributed by atoms with E-state index in [0.29, 0.717) is 12.8 Å². The van der Waals surface area contributed by atoms with Gasteiger partial charge in [0.05, 0.1) is 12.5 Å². The molecule has 4 amide bonds. The lowest BCUT2D eigenvalue weighted by Crippen LogP contribution is -2.51. The van der Waals surface area contributed by atoms with Crippen molar-refractivity contribution >= 4 is 29.6 Å². The van der Waals surface area contributed by atoms with Crippen molar-refractivity contribution in [2.45, 2.75) is 104 Å². The van der Waals surface area contributed by atoms with E-state index in [1.54, 1.807) is 27.7 Å². The molecule has 0 radical (unpaired) electrons. The maximum absolute atomic E-state index is 13.0. The molecule has 0 unspecified atom stereocenters. The molecule has 1 fully saturated rings. The molecule has 1 aliphatic rings. The minimum atomic E-state index is -0.866. The van der Waals surface area contributed by atoms with Gasteiger partial charge in [-0.1, -0.05) is 52.4 Å². The monoisotopic (exact) mass is 482 g/mol. The fraction of sp³-hybridized carbons (Fsp3) is 0.792. The van der Waals surface area contributed by atoms with Gasteiger partial charge in [0.25, 0.3) is 0 Å². The topological polar surface area (TPSA) is 157 Å². The molecule has 0 aromatic rings. The molecule has 0 spiro atoms. The van der Waals surface area contributed by atoms with Gasteiger partial charge in [0.2, 0.25) is 17.7 Å². The average Bonchev–Trinajstić information content (AvgIpc) is 2.74. The summed E-state index contributed by atoms with van der Waals surface area (Å²) in [4.78, 5) is 61.4. The Balaban J connectivity index is 2.77. The SMILES string of the molecule is CC[C@H](C)[C@H](NC(=O)CC(=O)[C@H](CC1CCCCC1)NC(=O)CNC(=O)OC(C)(C)C)C(N)=O. The van der Waals surface area contributed by atoms with Gasteiger partial charge in [-0.05, 0) is 39.0 Å². The van der Waals surface area contributed by atoms with Crippen molar-refractivity contribution in [2.75, 3.05) is 6.54 Å². The second-order valence-electron chi connectivity index (χ2n) is 10.2. The van der Waals surface area contributed by atoms with Crippen LogP contribution in [0, 0.1) is 11.8 Å². The van der Waals surface area contributed by atoms with E-state index in [0.717, 1.165) is 32.1 Å². The van der Waals surface area contributed by atoms with E-state index in [2.05, 4.69) is 16.0 Å². The number of ketones is 1. The first-order valence-electron chi connectivity index (χ1n) is 12.2. The summed E-state index contributed by atoms with van der Waals surface area (Å²) in [6.07, 6.45) is 5.04. The van der Waals surface area contributed by atoms with Crippen molar-refractivity contribution in [2.24, 2.45) is 17.6 Å². The van der Waals surface area contributed by atoms with E-state index in [4.69, 9.17) is 10.5 Å². The van der Waals surface area contributed by atoms with E-state index in [1.807, 2.05) is 6.92 Å². The third-order valence-corrected chi connectivity index (χ3v) is 5.98. The Morgan fingerprint density at radius 1 is 1.00 bits per heavy atom. The summed E-state index contributed by atoms with van der Waals surface area (Å²) >= 11 is 0. The Hall–Kier alpha value is -2.65. The van der Waals surface area contributed by atoms with Crippen molar-refractivity contribution in [1.29, 1.82) is 0 Å². The van der Waals surface area contributed by atoms with Crippen molar-refractivity contribution < 1.29 is 28.7 Å². The van der Waals surface area contributed by atoms with Gasteiger partial charge in [-0.25, -0.2) is 4.79 Å². The van der Waals surface area contributed by atoms with Crippen molar-refractivity contribution in [3.8, 4) is 0 Å². The number of carbonyl (C=O) groups is 5. The van der Waals surface area contributed by atoms with Crippen LogP contribution in [0.4, 0.5) is 4.79 Å². The molecule has 1 rings (SSSR count). The van der Waals surface area contributed by atoms with E-state index in [1.165, 1.54) is 0 Å². The van der Waals surface area contributed by atoms with Crippen LogP contribution in [0.2, 0.25) is 0 Å². The zero-order valence-electron chi connectivity index (χ0n) is 21.2. The lowest BCUT2D eigenvalue weighted by Gasteiger charge is -2.27. The summed E-state index contributed by atoms with van der Waals surface area (Å²) < 4.78 is 5.11. The molecule has 10 nitrogen and oxygen atoms in total. The van der Waals surface area contributed by atoms with Gasteiger partial charge in [-0.2, -0.15) is 0 Å². The van der Waals surface area contributed by atoms with Gasteiger partial charge >= 0.3 is 6.09 Å². The molecular formula is C24H42N4O6. The molecule has 0 aliphatic heterocycles. The first kappa shape index (κ1) is 29.4. The highest BCUT2D eigenvalue weighted by Gasteiger charge is 2.29. The third-order valence-electron chi connectivity index (χ3n) is 5.98. The van der Waals surface area contributed by atoms with Crippen molar-refractivity contribution in [1.82, 2.24) is 16.0 Å². The zero-order chi connectivity index (χ0) is 25.9. The number of rotatable bonds is 12. The molecule has 0 bridgehead atoms. The summed E-state index contributed by atoms with van der Waals surface area (Å²) in [6.45, 7) is 8.44. The lowest BCUT2D eigenvalue weighted by molar-refractivity contribution is -0.134. The number of alkyl carbamates (subject to hydrolysis) is 1. The minimum absolute atomic E-state index is 0.173. The molecular weight excluding hydrogens is 440 g/mol. The zero-order valence-corrected chi connectivity index (χ0v) is 21.2. The first-order valence-corrected chi connectivity index (χ1v) is 12.2. The fourth-order valence-electron chi connectivity index (χ4n) is 3.97. The van der Waals surface area contributed by atoms with E-state index in [9.17, 15) is 24.0 Å². The second kappa shape index (κ2) is 13.9. The Labute approximate surface area is 202 Å². The maximum atomic E-state index is 13.0. The van der Waals surface area contributed by atoms with Crippen LogP contribution in [-0.4, -0.2) is 53.8 Å². The molecule has 0 aromatic carbocycles. The second-order valence-corrected chi connectivity index (χ2v) is 10.2. The minimum Gasteiger partial charge on any atom is -0.444 e. The number of nitrogens with two attached hydrogens (primary N) is 1. The molecule has 3 atom stereocenters. The van der Waals surface area contributed by atoms with Crippen LogP contribution in [0.1, 0.15) is 86.0 Å². The molecule has 194 valence electrons. The predicted octanol–water partition coefficient (Wildman–Crippen LogP) is 1.94. The lowest BCUT2D eigenvalue weighted by atomic mass is 9.83. The molecule has 1 saturated carbocycles. The van der Waals surface area contributed by atoms with Crippen LogP contribution in [0.25, 0.3) is 0 Å². The average molecular weight is 483 g/mol. The van der Waals surface area contributed by atoms with Crippen LogP contribution in [0.3, 0.4) is 0 Å². The van der Waals surface area contributed by atoms with Crippen LogP contribution in [-0.2, 0) is 23.9 Å². The smallest absolute Gasteiger partial charge is 0.408 e. The predicted molar refractivity (Wildman–Crippen MR) is 128 cm³/mol. The number of amides is 4. The van der Waals surface area contributed by atoms with Crippen molar-refractivity contribution in [3.05, 3.63) is 0 Å². The van der Waals surface area contributed by atoms with E-state index >= 15 is 0 Å². The molecule has 5 N–H and O–H groups in total. The third kappa shape index (κ3) is 11.5. The highest BCUT2D eigenvalue weighted by Crippen LogP contribution is 2.27. The largest absolute Gasteiger partial charge is 0.444 e. The number of primary amides is 1. The molecule has 1 aliphatic carbocycles. The number of nitrogens with one attached hydrogen (secondary N) is 3. The number of hydrogen-bond donors (Lipinski definition) is 4. The summed E-state index contributed by atoms with van der Waals surface area (Å²) in [5.41, 5.74) is 4.69. The number of Topliss-reactive ketones (excluding diaryl/α,β-unsaturated/α-hetero) is 1. The maximum Gasteiger partial charge on any atom is 0.408 e. The number of ether oxygens (including phenoxy) is 1. The normalized spacial score (nSPS) is 17.1. The molecule has 10 heteroatoms. The Bertz CT molecular complexity index is 727. The van der Waals surface area contributed by atoms with E-state index in [-0.39, 0.29) is 18.4 Å². The molecule has 0 heterocycles. The van der Waals surface area contributed by atoms with Crippen LogP contribution in [0.15, 0.2) is 0 Å². The van der Waals surface area contributed by atoms with Crippen LogP contribution >= 0.6 is 0 Å². The summed E-state index contributed by atoms with van der Waals surface area (Å²) in [5, 5.41) is 7.59. The Kier molecular flexibility index (Phi) is 12.0. The number of carbonyl (C=O) groups excluding carboxylic acids is 5. The van der Waals surface area contributed by atoms with Crippen LogP contribution < -0.4 is 21.7 Å². The molecule has 34 heavy (non-hydrogen) atoms. The highest BCUT2D eigenvalue weighted by molar-refractivity contribution is 6.03. The fourth-order valence-corrected chi connectivity index (χ4v) is 3.97. The highest BCUT2D eigenvalue weighted by atomic mass is 16.6. The number of hydrogen-bond acceptors (Lipinski definition) is 6. The quantitative estimate of drug-likeness (QED) is 0.311. The van der Waals surface area contributed by atoms with Crippen molar-refractivity contribution in [3.63, 3.8) is 0 Å². The van der Waals surface area contributed by atoms with Gasteiger partial charge in [0.15, 0.2) is 5.78 Å². The van der Waals surface area contributed by atoms with Gasteiger partial charge < -0.3 is 26.4 Å². The summed E-state index contributed by atoms with van der Waals surface area (Å²) in [6, 6.07) is -1.73. The molecule has 0 saturated heterocycles. The molecule has 0 aromatic heterocycles. The summed E-state index contributed by atoms with van der Waals surface area (Å²) in [7, 11) is 0. The van der Waals surface area contributed by atoms with Gasteiger partial charge in [-0.3, -0.25) is 19.2 Å². The Morgan fingerprint density at radius 3 is 2.15 bits per heavy atom. The van der Waals surface area contributed by atoms with Gasteiger partial charge in [-0.15, -0.1) is 0 Å². The van der Waals surface area contributed by atoms with Crippen LogP contribution in [0.5, 0.6) is 0 Å². The van der Waals surface area contributed by atoms with Gasteiger partial charge in [0.1, 0.15) is 18.2 Å². The van der Waals surface area contributed by atoms with Gasteiger partial charge in [0, 0.05) is 0 Å². The summed E-state index contributed by atoms with van der Waals surface area (Å²) in [5.74, 6) is -2.16. The first-order chi connectivity index (χ1) is 15.8. The Morgan fingerprint density at radius 2 is 1.62 bits per heavy atom. The van der Waals surface area contributed by atoms with E-state index < -0.39 is 53.7 Å².